The summed E-state index contributed by atoms with van der Waals surface area (Å²) in [5.41, 5.74) is 1.00. The van der Waals surface area contributed by atoms with Crippen LogP contribution in [-0.2, 0) is 14.3 Å². The van der Waals surface area contributed by atoms with Crippen LogP contribution in [0.4, 0.5) is 0 Å². The smallest absolute Gasteiger partial charge is 0.306 e. The van der Waals surface area contributed by atoms with E-state index in [2.05, 4.69) is 17.9 Å². The van der Waals surface area contributed by atoms with Gasteiger partial charge >= 0.3 is 11.9 Å². The molecule has 34 heavy (non-hydrogen) atoms. The maximum atomic E-state index is 11.7. The third-order valence-electron chi connectivity index (χ3n) is 6.36. The van der Waals surface area contributed by atoms with E-state index in [9.17, 15) is 9.59 Å². The summed E-state index contributed by atoms with van der Waals surface area (Å²) in [5.74, 6) is -1.42. The van der Waals surface area contributed by atoms with Gasteiger partial charge in [-0.2, -0.15) is 0 Å². The summed E-state index contributed by atoms with van der Waals surface area (Å²) < 4.78 is 5.25. The summed E-state index contributed by atoms with van der Waals surface area (Å²) in [6, 6.07) is 0. The monoisotopic (exact) mass is 543 g/mol. The first-order valence-corrected chi connectivity index (χ1v) is 13.6. The van der Waals surface area contributed by atoms with Crippen molar-refractivity contribution < 1.29 is 19.4 Å². The molecular weight excluding hydrogens is 494 g/mol. The molecule has 5 nitrogen and oxygen atoms in total. The van der Waals surface area contributed by atoms with E-state index >= 15 is 0 Å². The fourth-order valence-corrected chi connectivity index (χ4v) is 4.25. The number of unbranched alkanes of at least 4 members (excludes halogenated alkanes) is 15. The number of rotatable bonds is 22. The third kappa shape index (κ3) is 19.1. The van der Waals surface area contributed by atoms with Crippen LogP contribution in [0.3, 0.4) is 0 Å². The highest BCUT2D eigenvalue weighted by Crippen LogP contribution is 2.16. The lowest BCUT2D eigenvalue weighted by Crippen LogP contribution is -2.29. The molecule has 0 fully saturated rings. The quantitative estimate of drug-likeness (QED) is 0.111. The Morgan fingerprint density at radius 1 is 0.824 bits per heavy atom. The molecule has 1 heterocycles. The zero-order valence-corrected chi connectivity index (χ0v) is 23.3. The molecule has 0 amide bonds. The average Bonchev–Trinajstić information content (AvgIpc) is 2.81. The number of carboxylic acid groups (broad SMARTS) is 1. The topological polar surface area (TPSA) is 66.8 Å². The number of ether oxygens (including phenoxy) is 1. The fraction of sp³-hybridized carbons (Fsp3) is 0.786. The molecule has 0 saturated carbocycles. The summed E-state index contributed by atoms with van der Waals surface area (Å²) >= 11 is 0. The molecule has 0 spiro atoms. The van der Waals surface area contributed by atoms with Crippen LogP contribution in [0, 0.1) is 0 Å². The number of hydrogen-bond acceptors (Lipinski definition) is 4. The van der Waals surface area contributed by atoms with Gasteiger partial charge in [0.2, 0.25) is 0 Å². The first kappa shape index (κ1) is 32.7. The number of nitrogens with zero attached hydrogens (tertiary/aromatic N) is 1. The zero-order chi connectivity index (χ0) is 24.0. The molecular formula is C28H50BrNO4. The van der Waals surface area contributed by atoms with Crippen molar-refractivity contribution in [3.05, 3.63) is 23.9 Å². The Labute approximate surface area is 219 Å². The number of halogens is 1. The average molecular weight is 545 g/mol. The Kier molecular flexibility index (Phi) is 22.5. The molecule has 6 heteroatoms. The molecule has 1 aliphatic rings. The van der Waals surface area contributed by atoms with Gasteiger partial charge < -0.3 is 14.7 Å². The van der Waals surface area contributed by atoms with E-state index in [1.807, 2.05) is 12.2 Å². The minimum Gasteiger partial charge on any atom is -0.481 e. The molecule has 1 rings (SSSR count). The Morgan fingerprint density at radius 3 is 1.82 bits per heavy atom. The minimum absolute atomic E-state index is 0. The maximum Gasteiger partial charge on any atom is 0.306 e. The summed E-state index contributed by atoms with van der Waals surface area (Å²) in [4.78, 5) is 24.5. The maximum absolute atomic E-state index is 11.7. The predicted octanol–water partition coefficient (Wildman–Crippen LogP) is 7.99. The van der Waals surface area contributed by atoms with E-state index in [1.54, 1.807) is 0 Å². The predicted molar refractivity (Wildman–Crippen MR) is 146 cm³/mol. The van der Waals surface area contributed by atoms with Crippen molar-refractivity contribution in [1.82, 2.24) is 4.90 Å². The normalized spacial score (nSPS) is 12.9. The van der Waals surface area contributed by atoms with Gasteiger partial charge in [-0.05, 0) is 12.5 Å². The first-order chi connectivity index (χ1) is 16.1. The number of esters is 1. The highest BCUT2D eigenvalue weighted by molar-refractivity contribution is 8.93. The summed E-state index contributed by atoms with van der Waals surface area (Å²) in [7, 11) is 0. The lowest BCUT2D eigenvalue weighted by molar-refractivity contribution is -0.147. The van der Waals surface area contributed by atoms with Gasteiger partial charge in [-0.3, -0.25) is 9.59 Å². The van der Waals surface area contributed by atoms with Crippen LogP contribution in [0.15, 0.2) is 23.9 Å². The molecule has 198 valence electrons. The SMILES string of the molecule is Br.CCCCCCCCCCCCCCCCCCN1CC=CC=C1COC(=O)CCC(=O)O. The van der Waals surface area contributed by atoms with Crippen LogP contribution in [0.1, 0.15) is 122 Å². The Morgan fingerprint density at radius 2 is 1.32 bits per heavy atom. The number of carbonyl (C=O) groups excluding carboxylic acids is 1. The second-order valence-corrected chi connectivity index (χ2v) is 9.39. The van der Waals surface area contributed by atoms with Gasteiger partial charge in [0.05, 0.1) is 18.5 Å². The largest absolute Gasteiger partial charge is 0.481 e. The molecule has 0 unspecified atom stereocenters. The molecule has 1 aliphatic heterocycles. The van der Waals surface area contributed by atoms with Crippen molar-refractivity contribution in [2.75, 3.05) is 19.7 Å². The lowest BCUT2D eigenvalue weighted by Gasteiger charge is -2.28. The summed E-state index contributed by atoms with van der Waals surface area (Å²) in [5, 5.41) is 8.65. The number of allylic oxidation sites excluding steroid dienone is 2. The van der Waals surface area contributed by atoms with E-state index in [0.29, 0.717) is 0 Å². The Hall–Kier alpha value is -1.30. The summed E-state index contributed by atoms with van der Waals surface area (Å²) in [6.07, 6.45) is 27.7. The van der Waals surface area contributed by atoms with E-state index in [4.69, 9.17) is 9.84 Å². The van der Waals surface area contributed by atoms with Gasteiger partial charge in [-0.1, -0.05) is 115 Å². The second-order valence-electron chi connectivity index (χ2n) is 9.39. The van der Waals surface area contributed by atoms with E-state index in [1.165, 1.54) is 96.3 Å². The standard InChI is InChI=1S/C28H49NO4.BrH/c1-2-3-4-5-6-7-8-9-10-11-12-13-14-15-16-18-23-29-24-19-17-20-26(29)25-33-28(32)22-21-27(30)31;/h17,19-20H,2-16,18,21-25H2,1H3,(H,30,31);1H. The Bertz CT molecular complexity index is 577. The van der Waals surface area contributed by atoms with Crippen LogP contribution in [-0.4, -0.2) is 41.6 Å². The highest BCUT2D eigenvalue weighted by atomic mass is 79.9. The molecule has 0 saturated heterocycles. The number of hydrogen-bond donors (Lipinski definition) is 1. The summed E-state index contributed by atoms with van der Waals surface area (Å²) in [6.45, 7) is 4.32. The van der Waals surface area contributed by atoms with E-state index in [0.717, 1.165) is 25.2 Å². The third-order valence-corrected chi connectivity index (χ3v) is 6.36. The molecule has 0 aromatic carbocycles. The van der Waals surface area contributed by atoms with Crippen molar-refractivity contribution in [1.29, 1.82) is 0 Å². The molecule has 0 bridgehead atoms. The van der Waals surface area contributed by atoms with Crippen LogP contribution in [0.25, 0.3) is 0 Å². The van der Waals surface area contributed by atoms with Crippen molar-refractivity contribution in [2.24, 2.45) is 0 Å². The van der Waals surface area contributed by atoms with Gasteiger partial charge in [0.25, 0.3) is 0 Å². The highest BCUT2D eigenvalue weighted by Gasteiger charge is 2.13. The van der Waals surface area contributed by atoms with Crippen LogP contribution < -0.4 is 0 Å². The lowest BCUT2D eigenvalue weighted by atomic mass is 10.0. The molecule has 1 N–H and O–H groups in total. The molecule has 0 radical (unpaired) electrons. The minimum atomic E-state index is -0.975. The van der Waals surface area contributed by atoms with Gasteiger partial charge in [-0.15, -0.1) is 17.0 Å². The van der Waals surface area contributed by atoms with Crippen molar-refractivity contribution in [3.8, 4) is 0 Å². The van der Waals surface area contributed by atoms with Gasteiger partial charge in [0.15, 0.2) is 0 Å². The van der Waals surface area contributed by atoms with Crippen molar-refractivity contribution >= 4 is 28.9 Å². The van der Waals surface area contributed by atoms with E-state index < -0.39 is 11.9 Å². The molecule has 0 atom stereocenters. The number of aliphatic carboxylic acids is 1. The second kappa shape index (κ2) is 23.4. The zero-order valence-electron chi connectivity index (χ0n) is 21.6. The molecule has 0 aliphatic carbocycles. The number of carbonyl (C=O) groups is 2. The van der Waals surface area contributed by atoms with Gasteiger partial charge in [-0.25, -0.2) is 0 Å². The fourth-order valence-electron chi connectivity index (χ4n) is 4.25. The molecule has 0 aromatic heterocycles. The van der Waals surface area contributed by atoms with Crippen molar-refractivity contribution in [2.45, 2.75) is 122 Å². The molecule has 0 aromatic rings. The first-order valence-electron chi connectivity index (χ1n) is 13.6. The van der Waals surface area contributed by atoms with Gasteiger partial charge in [0.1, 0.15) is 6.61 Å². The van der Waals surface area contributed by atoms with Crippen LogP contribution in [0.2, 0.25) is 0 Å². The van der Waals surface area contributed by atoms with Crippen LogP contribution in [0.5, 0.6) is 0 Å². The van der Waals surface area contributed by atoms with Gasteiger partial charge in [0, 0.05) is 13.1 Å². The van der Waals surface area contributed by atoms with Crippen molar-refractivity contribution in [3.63, 3.8) is 0 Å². The Balaban J connectivity index is 0.0000109. The van der Waals surface area contributed by atoms with Crippen LogP contribution >= 0.6 is 17.0 Å². The van der Waals surface area contributed by atoms with E-state index in [-0.39, 0.29) is 36.4 Å². The number of carboxylic acids is 1.